The topological polar surface area (TPSA) is 50.4 Å². The van der Waals surface area contributed by atoms with E-state index >= 15 is 0 Å². The van der Waals surface area contributed by atoms with Crippen molar-refractivity contribution in [3.05, 3.63) is 0 Å². The van der Waals surface area contributed by atoms with Crippen LogP contribution in [0.3, 0.4) is 0 Å². The summed E-state index contributed by atoms with van der Waals surface area (Å²) in [4.78, 5) is 11.5. The van der Waals surface area contributed by atoms with E-state index < -0.39 is 5.60 Å². The van der Waals surface area contributed by atoms with Crippen LogP contribution >= 0.6 is 0 Å². The number of carbonyl (C=O) groups excluding carboxylic acids is 1. The van der Waals surface area contributed by atoms with Gasteiger partial charge in [0.15, 0.2) is 0 Å². The van der Waals surface area contributed by atoms with Crippen LogP contribution in [0.2, 0.25) is 0 Å². The molecular formula is C19H38N2O2. The van der Waals surface area contributed by atoms with Gasteiger partial charge in [-0.3, -0.25) is 0 Å². The van der Waals surface area contributed by atoms with E-state index in [1.165, 1.54) is 25.7 Å². The number of amides is 1. The van der Waals surface area contributed by atoms with Gasteiger partial charge in [-0.1, -0.05) is 20.8 Å². The van der Waals surface area contributed by atoms with Crippen LogP contribution in [0.25, 0.3) is 0 Å². The molecule has 1 saturated carbocycles. The Labute approximate surface area is 143 Å². The molecule has 0 aromatic carbocycles. The molecule has 0 heterocycles. The van der Waals surface area contributed by atoms with E-state index in [1.807, 2.05) is 20.8 Å². The zero-order valence-corrected chi connectivity index (χ0v) is 16.1. The summed E-state index contributed by atoms with van der Waals surface area (Å²) in [5.41, 5.74) is 0.0416. The van der Waals surface area contributed by atoms with Crippen LogP contribution in [0.5, 0.6) is 0 Å². The molecule has 0 unspecified atom stereocenters. The number of alkyl carbamates (subject to hydrolysis) is 1. The molecule has 0 aliphatic heterocycles. The van der Waals surface area contributed by atoms with Gasteiger partial charge < -0.3 is 15.4 Å². The molecule has 0 bridgehead atoms. The van der Waals surface area contributed by atoms with Gasteiger partial charge >= 0.3 is 6.09 Å². The highest BCUT2D eigenvalue weighted by molar-refractivity contribution is 5.67. The van der Waals surface area contributed by atoms with Crippen LogP contribution < -0.4 is 10.6 Å². The Morgan fingerprint density at radius 1 is 1.00 bits per heavy atom. The highest BCUT2D eigenvalue weighted by Gasteiger charge is 2.29. The summed E-state index contributed by atoms with van der Waals surface area (Å²) in [6, 6.07) is 0. The Kier molecular flexibility index (Phi) is 7.85. The summed E-state index contributed by atoms with van der Waals surface area (Å²) in [6.45, 7) is 15.5. The van der Waals surface area contributed by atoms with E-state index in [1.54, 1.807) is 0 Å². The molecule has 4 nitrogen and oxygen atoms in total. The molecule has 0 radical (unpaired) electrons. The van der Waals surface area contributed by atoms with E-state index in [0.29, 0.717) is 12.0 Å². The lowest BCUT2D eigenvalue weighted by Gasteiger charge is -2.37. The summed E-state index contributed by atoms with van der Waals surface area (Å²) in [5.74, 6) is 1.71. The first-order valence-corrected chi connectivity index (χ1v) is 9.25. The zero-order valence-electron chi connectivity index (χ0n) is 16.1. The molecule has 0 saturated heterocycles. The normalized spacial score (nSPS) is 22.7. The van der Waals surface area contributed by atoms with Crippen molar-refractivity contribution >= 4 is 6.09 Å². The van der Waals surface area contributed by atoms with Crippen LogP contribution in [0.4, 0.5) is 4.79 Å². The molecule has 136 valence electrons. The Morgan fingerprint density at radius 2 is 1.61 bits per heavy atom. The largest absolute Gasteiger partial charge is 0.444 e. The fourth-order valence-electron chi connectivity index (χ4n) is 3.26. The second-order valence-electron chi connectivity index (χ2n) is 9.07. The summed E-state index contributed by atoms with van der Waals surface area (Å²) in [7, 11) is 0. The smallest absolute Gasteiger partial charge is 0.407 e. The second kappa shape index (κ2) is 8.91. The Balaban J connectivity index is 2.01. The first kappa shape index (κ1) is 20.3. The third kappa shape index (κ3) is 9.19. The molecule has 2 N–H and O–H groups in total. The van der Waals surface area contributed by atoms with Crippen molar-refractivity contribution in [3.63, 3.8) is 0 Å². The minimum absolute atomic E-state index is 0.321. The third-order valence-corrected chi connectivity index (χ3v) is 4.70. The molecule has 1 amide bonds. The van der Waals surface area contributed by atoms with Crippen LogP contribution in [-0.4, -0.2) is 31.3 Å². The van der Waals surface area contributed by atoms with Crippen LogP contribution in [0.1, 0.15) is 73.6 Å². The summed E-state index contributed by atoms with van der Waals surface area (Å²) < 4.78 is 5.21. The Morgan fingerprint density at radius 3 is 2.13 bits per heavy atom. The van der Waals surface area contributed by atoms with Gasteiger partial charge in [-0.15, -0.1) is 0 Å². The van der Waals surface area contributed by atoms with E-state index in [-0.39, 0.29) is 6.09 Å². The third-order valence-electron chi connectivity index (χ3n) is 4.70. The second-order valence-corrected chi connectivity index (χ2v) is 9.07. The maximum atomic E-state index is 11.5. The average Bonchev–Trinajstić information content (AvgIpc) is 2.40. The summed E-state index contributed by atoms with van der Waals surface area (Å²) >= 11 is 0. The lowest BCUT2D eigenvalue weighted by molar-refractivity contribution is 0.0527. The average molecular weight is 327 g/mol. The van der Waals surface area contributed by atoms with Crippen molar-refractivity contribution in [3.8, 4) is 0 Å². The highest BCUT2D eigenvalue weighted by Crippen LogP contribution is 2.39. The van der Waals surface area contributed by atoms with Gasteiger partial charge in [-0.2, -0.15) is 0 Å². The minimum Gasteiger partial charge on any atom is -0.444 e. The van der Waals surface area contributed by atoms with Crippen LogP contribution in [0.15, 0.2) is 0 Å². The van der Waals surface area contributed by atoms with E-state index in [9.17, 15) is 4.79 Å². The summed E-state index contributed by atoms with van der Waals surface area (Å²) in [5, 5.41) is 6.34. The molecule has 0 spiro atoms. The van der Waals surface area contributed by atoms with Crippen molar-refractivity contribution in [2.24, 2.45) is 17.3 Å². The van der Waals surface area contributed by atoms with E-state index in [2.05, 4.69) is 31.4 Å². The Bertz CT molecular complexity index is 347. The van der Waals surface area contributed by atoms with Gasteiger partial charge in [0.1, 0.15) is 5.60 Å². The fourth-order valence-corrected chi connectivity index (χ4v) is 3.26. The molecule has 1 fully saturated rings. The SMILES string of the molecule is CC(C)(C)OC(=O)NCCCNCC1CCC(C(C)(C)C)CC1. The standard InChI is InChI=1S/C19H38N2O2/c1-18(2,3)16-10-8-15(9-11-16)14-20-12-7-13-21-17(22)23-19(4,5)6/h15-16,20H,7-14H2,1-6H3,(H,21,22). The number of nitrogens with one attached hydrogen (secondary N) is 2. The monoisotopic (exact) mass is 326 g/mol. The van der Waals surface area contributed by atoms with Gasteiger partial charge in [0.2, 0.25) is 0 Å². The van der Waals surface area contributed by atoms with Crippen molar-refractivity contribution in [2.45, 2.75) is 79.2 Å². The molecular weight excluding hydrogens is 288 g/mol. The predicted molar refractivity (Wildman–Crippen MR) is 96.6 cm³/mol. The molecule has 1 rings (SSSR count). The molecule has 0 aromatic heterocycles. The molecule has 0 aromatic rings. The van der Waals surface area contributed by atoms with Gasteiger partial charge in [0, 0.05) is 6.54 Å². The number of rotatable bonds is 6. The van der Waals surface area contributed by atoms with Crippen molar-refractivity contribution in [1.82, 2.24) is 10.6 Å². The summed E-state index contributed by atoms with van der Waals surface area (Å²) in [6.07, 6.45) is 6.07. The van der Waals surface area contributed by atoms with E-state index in [0.717, 1.165) is 31.3 Å². The zero-order chi connectivity index (χ0) is 17.5. The van der Waals surface area contributed by atoms with Gasteiger partial charge in [-0.25, -0.2) is 4.79 Å². The van der Waals surface area contributed by atoms with Crippen molar-refractivity contribution in [1.29, 1.82) is 0 Å². The van der Waals surface area contributed by atoms with Crippen LogP contribution in [-0.2, 0) is 4.74 Å². The van der Waals surface area contributed by atoms with E-state index in [4.69, 9.17) is 4.74 Å². The van der Waals surface area contributed by atoms with Gasteiger partial charge in [0.25, 0.3) is 0 Å². The van der Waals surface area contributed by atoms with Gasteiger partial charge in [-0.05, 0) is 83.2 Å². The van der Waals surface area contributed by atoms with Crippen LogP contribution in [0, 0.1) is 17.3 Å². The first-order chi connectivity index (χ1) is 10.6. The first-order valence-electron chi connectivity index (χ1n) is 9.25. The fraction of sp³-hybridized carbons (Fsp3) is 0.947. The maximum Gasteiger partial charge on any atom is 0.407 e. The molecule has 1 aliphatic rings. The minimum atomic E-state index is -0.422. The highest BCUT2D eigenvalue weighted by atomic mass is 16.6. The molecule has 4 heteroatoms. The molecule has 1 aliphatic carbocycles. The molecule has 23 heavy (non-hydrogen) atoms. The lowest BCUT2D eigenvalue weighted by Crippen LogP contribution is -2.34. The maximum absolute atomic E-state index is 11.5. The number of hydrogen-bond donors (Lipinski definition) is 2. The number of ether oxygens (including phenoxy) is 1. The van der Waals surface area contributed by atoms with Gasteiger partial charge in [0.05, 0.1) is 0 Å². The number of carbonyl (C=O) groups is 1. The number of hydrogen-bond acceptors (Lipinski definition) is 3. The lowest BCUT2D eigenvalue weighted by atomic mass is 9.70. The van der Waals surface area contributed by atoms with Crippen molar-refractivity contribution < 1.29 is 9.53 Å². The molecule has 0 atom stereocenters. The van der Waals surface area contributed by atoms with Crippen molar-refractivity contribution in [2.75, 3.05) is 19.6 Å². The quantitative estimate of drug-likeness (QED) is 0.714. The Hall–Kier alpha value is -0.770. The predicted octanol–water partition coefficient (Wildman–Crippen LogP) is 4.34.